The number of nitrogens with one attached hydrogen (secondary N) is 1. The van der Waals surface area contributed by atoms with Gasteiger partial charge in [0.15, 0.2) is 11.5 Å². The molecule has 4 nitrogen and oxygen atoms in total. The van der Waals surface area contributed by atoms with Gasteiger partial charge in [0.2, 0.25) is 0 Å². The van der Waals surface area contributed by atoms with Crippen LogP contribution in [0.3, 0.4) is 0 Å². The van der Waals surface area contributed by atoms with E-state index in [4.69, 9.17) is 14.6 Å². The average Bonchev–Trinajstić information content (AvgIpc) is 2.40. The van der Waals surface area contributed by atoms with Gasteiger partial charge in [0.25, 0.3) is 0 Å². The molecule has 1 unspecified atom stereocenters. The van der Waals surface area contributed by atoms with Gasteiger partial charge in [-0.15, -0.1) is 0 Å². The van der Waals surface area contributed by atoms with Gasteiger partial charge in [-0.2, -0.15) is 0 Å². The molecule has 2 N–H and O–H groups in total. The zero-order chi connectivity index (χ0) is 12.1. The normalized spacial score (nSPS) is 15.6. The third-order valence-electron chi connectivity index (χ3n) is 3.02. The van der Waals surface area contributed by atoms with Crippen LogP contribution >= 0.6 is 0 Å². The summed E-state index contributed by atoms with van der Waals surface area (Å²) in [6, 6.07) is 6.19. The molecule has 0 spiro atoms. The Morgan fingerprint density at radius 1 is 1.29 bits per heavy atom. The Hall–Kier alpha value is -1.26. The van der Waals surface area contributed by atoms with E-state index < -0.39 is 0 Å². The number of rotatable bonds is 5. The summed E-state index contributed by atoms with van der Waals surface area (Å²) in [5.41, 5.74) is 1.21. The van der Waals surface area contributed by atoms with Crippen molar-refractivity contribution in [3.8, 4) is 11.5 Å². The fourth-order valence-electron chi connectivity index (χ4n) is 1.91. The molecular formula is C13H19NO3. The first-order chi connectivity index (χ1) is 8.33. The van der Waals surface area contributed by atoms with Crippen LogP contribution in [0.5, 0.6) is 11.5 Å². The van der Waals surface area contributed by atoms with Gasteiger partial charge in [0.1, 0.15) is 13.2 Å². The molecule has 0 fully saturated rings. The van der Waals surface area contributed by atoms with E-state index in [2.05, 4.69) is 11.4 Å². The molecule has 0 aliphatic carbocycles. The Kier molecular flexibility index (Phi) is 4.23. The highest BCUT2D eigenvalue weighted by molar-refractivity contribution is 5.43. The SMILES string of the molecule is CNC(CO)CCc1ccc2c(c1)OCCO2. The third-order valence-corrected chi connectivity index (χ3v) is 3.02. The second-order valence-corrected chi connectivity index (χ2v) is 4.18. The lowest BCUT2D eigenvalue weighted by Gasteiger charge is -2.19. The highest BCUT2D eigenvalue weighted by Gasteiger charge is 2.12. The number of hydrogen-bond donors (Lipinski definition) is 2. The third kappa shape index (κ3) is 3.11. The Balaban J connectivity index is 1.97. The van der Waals surface area contributed by atoms with Crippen molar-refractivity contribution in [3.63, 3.8) is 0 Å². The largest absolute Gasteiger partial charge is 0.486 e. The molecule has 0 radical (unpaired) electrons. The summed E-state index contributed by atoms with van der Waals surface area (Å²) in [5, 5.41) is 12.2. The van der Waals surface area contributed by atoms with Crippen molar-refractivity contribution >= 4 is 0 Å². The van der Waals surface area contributed by atoms with E-state index in [1.807, 2.05) is 19.2 Å². The van der Waals surface area contributed by atoms with Gasteiger partial charge >= 0.3 is 0 Å². The quantitative estimate of drug-likeness (QED) is 0.801. The Bertz CT molecular complexity index is 364. The second-order valence-electron chi connectivity index (χ2n) is 4.18. The number of ether oxygens (including phenoxy) is 2. The number of aliphatic hydroxyl groups is 1. The monoisotopic (exact) mass is 237 g/mol. The van der Waals surface area contributed by atoms with Crippen LogP contribution in [0.2, 0.25) is 0 Å². The van der Waals surface area contributed by atoms with E-state index in [1.54, 1.807) is 0 Å². The van der Waals surface area contributed by atoms with Crippen molar-refractivity contribution in [2.45, 2.75) is 18.9 Å². The van der Waals surface area contributed by atoms with Crippen molar-refractivity contribution in [1.29, 1.82) is 0 Å². The molecule has 0 saturated heterocycles. The first-order valence-electron chi connectivity index (χ1n) is 6.00. The summed E-state index contributed by atoms with van der Waals surface area (Å²) < 4.78 is 11.0. The number of benzene rings is 1. The summed E-state index contributed by atoms with van der Waals surface area (Å²) in [6.45, 7) is 1.41. The van der Waals surface area contributed by atoms with Crippen LogP contribution < -0.4 is 14.8 Å². The molecule has 0 aromatic heterocycles. The zero-order valence-electron chi connectivity index (χ0n) is 10.1. The predicted octanol–water partition coefficient (Wildman–Crippen LogP) is 0.971. The lowest BCUT2D eigenvalue weighted by Crippen LogP contribution is -2.29. The topological polar surface area (TPSA) is 50.7 Å². The predicted molar refractivity (Wildman–Crippen MR) is 65.7 cm³/mol. The molecule has 4 heteroatoms. The van der Waals surface area contributed by atoms with Crippen LogP contribution in [0.15, 0.2) is 18.2 Å². The second kappa shape index (κ2) is 5.89. The Morgan fingerprint density at radius 3 is 2.76 bits per heavy atom. The molecule has 0 saturated carbocycles. The number of aliphatic hydroxyl groups excluding tert-OH is 1. The molecule has 2 rings (SSSR count). The van der Waals surface area contributed by atoms with Gasteiger partial charge < -0.3 is 19.9 Å². The van der Waals surface area contributed by atoms with Crippen molar-refractivity contribution in [2.24, 2.45) is 0 Å². The fourth-order valence-corrected chi connectivity index (χ4v) is 1.91. The molecule has 1 atom stereocenters. The molecule has 0 amide bonds. The van der Waals surface area contributed by atoms with Crippen LogP contribution in [0.25, 0.3) is 0 Å². The van der Waals surface area contributed by atoms with Gasteiger partial charge in [-0.25, -0.2) is 0 Å². The number of fused-ring (bicyclic) bond motifs is 1. The van der Waals surface area contributed by atoms with Crippen molar-refractivity contribution in [2.75, 3.05) is 26.9 Å². The van der Waals surface area contributed by atoms with Gasteiger partial charge in [-0.05, 0) is 37.6 Å². The van der Waals surface area contributed by atoms with E-state index >= 15 is 0 Å². The minimum absolute atomic E-state index is 0.156. The minimum Gasteiger partial charge on any atom is -0.486 e. The maximum absolute atomic E-state index is 9.09. The molecule has 1 aromatic rings. The maximum Gasteiger partial charge on any atom is 0.161 e. The van der Waals surface area contributed by atoms with Crippen LogP contribution in [-0.2, 0) is 6.42 Å². The molecule has 94 valence electrons. The highest BCUT2D eigenvalue weighted by atomic mass is 16.6. The molecule has 1 aliphatic heterocycles. The van der Waals surface area contributed by atoms with Gasteiger partial charge in [-0.1, -0.05) is 6.07 Å². The van der Waals surface area contributed by atoms with E-state index in [9.17, 15) is 0 Å². The summed E-state index contributed by atoms with van der Waals surface area (Å²) in [4.78, 5) is 0. The summed E-state index contributed by atoms with van der Waals surface area (Å²) in [6.07, 6.45) is 1.83. The zero-order valence-corrected chi connectivity index (χ0v) is 10.1. The lowest BCUT2D eigenvalue weighted by molar-refractivity contribution is 0.171. The van der Waals surface area contributed by atoms with Crippen LogP contribution in [0, 0.1) is 0 Å². The molecule has 1 aromatic carbocycles. The maximum atomic E-state index is 9.09. The first kappa shape index (κ1) is 12.2. The number of likely N-dealkylation sites (N-methyl/N-ethyl adjacent to an activating group) is 1. The van der Waals surface area contributed by atoms with E-state index in [-0.39, 0.29) is 12.6 Å². The van der Waals surface area contributed by atoms with Crippen LogP contribution in [0.4, 0.5) is 0 Å². The van der Waals surface area contributed by atoms with Gasteiger partial charge in [-0.3, -0.25) is 0 Å². The molecule has 0 bridgehead atoms. The molecule has 1 aliphatic rings. The van der Waals surface area contributed by atoms with Crippen molar-refractivity contribution in [3.05, 3.63) is 23.8 Å². The first-order valence-corrected chi connectivity index (χ1v) is 6.00. The van der Waals surface area contributed by atoms with E-state index in [1.165, 1.54) is 5.56 Å². The van der Waals surface area contributed by atoms with Crippen LogP contribution in [-0.4, -0.2) is 38.0 Å². The smallest absolute Gasteiger partial charge is 0.161 e. The van der Waals surface area contributed by atoms with Crippen molar-refractivity contribution in [1.82, 2.24) is 5.32 Å². The number of aryl methyl sites for hydroxylation is 1. The minimum atomic E-state index is 0.156. The van der Waals surface area contributed by atoms with E-state index in [0.29, 0.717) is 13.2 Å². The molecular weight excluding hydrogens is 218 g/mol. The Morgan fingerprint density at radius 2 is 2.06 bits per heavy atom. The van der Waals surface area contributed by atoms with E-state index in [0.717, 1.165) is 24.3 Å². The lowest BCUT2D eigenvalue weighted by atomic mass is 10.0. The summed E-state index contributed by atoms with van der Waals surface area (Å²) >= 11 is 0. The van der Waals surface area contributed by atoms with Gasteiger partial charge in [0.05, 0.1) is 6.61 Å². The Labute approximate surface area is 102 Å². The fraction of sp³-hybridized carbons (Fsp3) is 0.538. The standard InChI is InChI=1S/C13H19NO3/c1-14-11(9-15)4-2-10-3-5-12-13(8-10)17-7-6-16-12/h3,5,8,11,14-15H,2,4,6-7,9H2,1H3. The highest BCUT2D eigenvalue weighted by Crippen LogP contribution is 2.31. The van der Waals surface area contributed by atoms with Gasteiger partial charge in [0, 0.05) is 6.04 Å². The van der Waals surface area contributed by atoms with Crippen LogP contribution in [0.1, 0.15) is 12.0 Å². The summed E-state index contributed by atoms with van der Waals surface area (Å²) in [7, 11) is 1.87. The molecule has 1 heterocycles. The van der Waals surface area contributed by atoms with Crippen molar-refractivity contribution < 1.29 is 14.6 Å². The average molecular weight is 237 g/mol. The summed E-state index contributed by atoms with van der Waals surface area (Å²) in [5.74, 6) is 1.66. The number of hydrogen-bond acceptors (Lipinski definition) is 4. The molecule has 17 heavy (non-hydrogen) atoms.